The quantitative estimate of drug-likeness (QED) is 0.877. The second kappa shape index (κ2) is 5.99. The van der Waals surface area contributed by atoms with Gasteiger partial charge < -0.3 is 10.1 Å². The van der Waals surface area contributed by atoms with E-state index in [9.17, 15) is 13.2 Å². The molecule has 6 nitrogen and oxygen atoms in total. The van der Waals surface area contributed by atoms with Crippen LogP contribution >= 0.6 is 0 Å². The Morgan fingerprint density at radius 1 is 1.15 bits per heavy atom. The van der Waals surface area contributed by atoms with E-state index in [0.717, 1.165) is 11.1 Å². The maximum atomic E-state index is 13.3. The second-order valence-electron chi connectivity index (χ2n) is 7.25. The van der Waals surface area contributed by atoms with Crippen LogP contribution in [-0.4, -0.2) is 32.7 Å². The van der Waals surface area contributed by atoms with Gasteiger partial charge in [0.1, 0.15) is 5.75 Å². The van der Waals surface area contributed by atoms with Crippen LogP contribution in [0.5, 0.6) is 5.75 Å². The van der Waals surface area contributed by atoms with Crippen molar-refractivity contribution in [1.29, 1.82) is 0 Å². The first-order valence-electron chi connectivity index (χ1n) is 8.85. The number of hydrogen-bond donors (Lipinski definition) is 1. The molecule has 1 saturated carbocycles. The summed E-state index contributed by atoms with van der Waals surface area (Å²) in [5, 5.41) is 2.77. The number of amides is 1. The number of methoxy groups -OCH3 is 1. The van der Waals surface area contributed by atoms with Crippen molar-refractivity contribution >= 4 is 27.3 Å². The van der Waals surface area contributed by atoms with Crippen LogP contribution in [0.4, 0.5) is 11.4 Å². The fraction of sp³-hybridized carbons (Fsp3) is 0.350. The molecule has 1 N–H and O–H groups in total. The molecule has 0 unspecified atom stereocenters. The lowest BCUT2D eigenvalue weighted by atomic mass is 10.1. The summed E-state index contributed by atoms with van der Waals surface area (Å²) in [6.07, 6.45) is 0.374. The zero-order valence-electron chi connectivity index (χ0n) is 15.5. The molecule has 1 aliphatic heterocycles. The molecule has 1 saturated heterocycles. The zero-order chi connectivity index (χ0) is 19.4. The van der Waals surface area contributed by atoms with Crippen LogP contribution in [-0.2, 0) is 14.8 Å². The Morgan fingerprint density at radius 2 is 1.78 bits per heavy atom. The summed E-state index contributed by atoms with van der Waals surface area (Å²) < 4.78 is 31.9. The number of carbonyl (C=O) groups is 1. The number of fused-ring (bicyclic) bond motifs is 1. The monoisotopic (exact) mass is 386 g/mol. The molecule has 2 aromatic carbocycles. The molecule has 0 radical (unpaired) electrons. The van der Waals surface area contributed by atoms with Gasteiger partial charge in [-0.1, -0.05) is 18.2 Å². The molecule has 2 atom stereocenters. The van der Waals surface area contributed by atoms with Crippen LogP contribution < -0.4 is 14.4 Å². The first kappa shape index (κ1) is 17.9. The molecule has 2 aromatic rings. The van der Waals surface area contributed by atoms with Gasteiger partial charge >= 0.3 is 0 Å². The number of ether oxygens (including phenoxy) is 1. The minimum absolute atomic E-state index is 0.181. The molecule has 7 heteroatoms. The molecule has 0 aromatic heterocycles. The molecular weight excluding hydrogens is 364 g/mol. The van der Waals surface area contributed by atoms with Crippen molar-refractivity contribution in [1.82, 2.24) is 0 Å². The largest absolute Gasteiger partial charge is 0.497 e. The minimum atomic E-state index is -3.79. The topological polar surface area (TPSA) is 75.7 Å². The van der Waals surface area contributed by atoms with Crippen molar-refractivity contribution in [2.75, 3.05) is 23.3 Å². The summed E-state index contributed by atoms with van der Waals surface area (Å²) in [4.78, 5) is 12.9. The van der Waals surface area contributed by atoms with Gasteiger partial charge in [0.05, 0.1) is 12.8 Å². The minimum Gasteiger partial charge on any atom is -0.497 e. The van der Waals surface area contributed by atoms with E-state index in [1.54, 1.807) is 31.4 Å². The van der Waals surface area contributed by atoms with E-state index in [2.05, 4.69) is 5.32 Å². The number of carbonyl (C=O) groups excluding carboxylic acids is 1. The number of nitrogens with one attached hydrogen (secondary N) is 1. The lowest BCUT2D eigenvalue weighted by molar-refractivity contribution is -0.116. The third kappa shape index (κ3) is 2.52. The van der Waals surface area contributed by atoms with E-state index in [1.165, 1.54) is 4.31 Å². The Balaban J connectivity index is 1.63. The molecule has 0 bridgehead atoms. The van der Waals surface area contributed by atoms with Crippen molar-refractivity contribution < 1.29 is 17.9 Å². The average Bonchev–Trinajstić information content (AvgIpc) is 3.32. The van der Waals surface area contributed by atoms with E-state index in [4.69, 9.17) is 4.74 Å². The van der Waals surface area contributed by atoms with Crippen LogP contribution in [0.1, 0.15) is 17.5 Å². The molecule has 142 valence electrons. The van der Waals surface area contributed by atoms with Gasteiger partial charge in [0, 0.05) is 18.2 Å². The lowest BCUT2D eigenvalue weighted by Gasteiger charge is -2.26. The molecule has 2 fully saturated rings. The van der Waals surface area contributed by atoms with Crippen molar-refractivity contribution in [3.8, 4) is 5.75 Å². The number of anilines is 2. The first-order valence-corrected chi connectivity index (χ1v) is 10.3. The van der Waals surface area contributed by atoms with Crippen LogP contribution in [0.25, 0.3) is 0 Å². The van der Waals surface area contributed by atoms with Crippen molar-refractivity contribution in [2.24, 2.45) is 5.92 Å². The summed E-state index contributed by atoms with van der Waals surface area (Å²) >= 11 is 0. The highest BCUT2D eigenvalue weighted by Crippen LogP contribution is 2.59. The molecule has 0 spiro atoms. The van der Waals surface area contributed by atoms with Gasteiger partial charge in [-0.2, -0.15) is 0 Å². The highest BCUT2D eigenvalue weighted by molar-refractivity contribution is 7.95. The summed E-state index contributed by atoms with van der Waals surface area (Å²) in [7, 11) is -2.22. The van der Waals surface area contributed by atoms with Gasteiger partial charge in [-0.25, -0.2) is 8.42 Å². The molecule has 27 heavy (non-hydrogen) atoms. The van der Waals surface area contributed by atoms with Gasteiger partial charge in [-0.15, -0.1) is 0 Å². The predicted molar refractivity (Wildman–Crippen MR) is 105 cm³/mol. The SMILES string of the molecule is COc1ccc(NC(=O)[C@]23C[C@@H]2CN(c2c(C)cccc2C)S3(=O)=O)cc1. The number of benzene rings is 2. The third-order valence-electron chi connectivity index (χ3n) is 5.61. The van der Waals surface area contributed by atoms with Crippen LogP contribution in [0.3, 0.4) is 0 Å². The summed E-state index contributed by atoms with van der Waals surface area (Å²) in [6.45, 7) is 4.14. The Morgan fingerprint density at radius 3 is 2.37 bits per heavy atom. The zero-order valence-corrected chi connectivity index (χ0v) is 16.3. The fourth-order valence-electron chi connectivity index (χ4n) is 4.05. The molecule has 1 heterocycles. The molecule has 4 rings (SSSR count). The Labute approximate surface area is 159 Å². The third-order valence-corrected chi connectivity index (χ3v) is 8.12. The normalized spacial score (nSPS) is 25.0. The maximum Gasteiger partial charge on any atom is 0.250 e. The van der Waals surface area contributed by atoms with E-state index < -0.39 is 20.7 Å². The standard InChI is InChI=1S/C20H22N2O4S/c1-13-5-4-6-14(2)18(13)22-12-15-11-20(15,27(22,24)25)19(23)21-16-7-9-17(26-3)10-8-16/h4-10,15H,11-12H2,1-3H3,(H,21,23)/t15-,20+/m1/s1. The van der Waals surface area contributed by atoms with Crippen LogP contribution in [0.15, 0.2) is 42.5 Å². The van der Waals surface area contributed by atoms with Gasteiger partial charge in [-0.3, -0.25) is 9.10 Å². The number of hydrogen-bond acceptors (Lipinski definition) is 4. The molecule has 1 aliphatic carbocycles. The molecule has 2 aliphatic rings. The fourth-order valence-corrected chi connectivity index (χ4v) is 6.54. The smallest absolute Gasteiger partial charge is 0.250 e. The number of nitrogens with zero attached hydrogens (tertiary/aromatic N) is 1. The van der Waals surface area contributed by atoms with Crippen LogP contribution in [0, 0.1) is 19.8 Å². The first-order chi connectivity index (χ1) is 12.8. The number of aryl methyl sites for hydroxylation is 2. The summed E-state index contributed by atoms with van der Waals surface area (Å²) in [5.41, 5.74) is 3.04. The van der Waals surface area contributed by atoms with Gasteiger partial charge in [0.15, 0.2) is 4.75 Å². The van der Waals surface area contributed by atoms with Crippen molar-refractivity contribution in [2.45, 2.75) is 25.0 Å². The number of para-hydroxylation sites is 1. The maximum absolute atomic E-state index is 13.3. The van der Waals surface area contributed by atoms with Gasteiger partial charge in [0.25, 0.3) is 0 Å². The van der Waals surface area contributed by atoms with Crippen molar-refractivity contribution in [3.05, 3.63) is 53.6 Å². The summed E-state index contributed by atoms with van der Waals surface area (Å²) in [5.74, 6) is 0.0383. The van der Waals surface area contributed by atoms with Crippen LogP contribution in [0.2, 0.25) is 0 Å². The van der Waals surface area contributed by atoms with E-state index in [-0.39, 0.29) is 5.92 Å². The highest BCUT2D eigenvalue weighted by Gasteiger charge is 2.75. The Kier molecular flexibility index (Phi) is 3.96. The second-order valence-corrected chi connectivity index (χ2v) is 9.37. The summed E-state index contributed by atoms with van der Waals surface area (Å²) in [6, 6.07) is 12.6. The highest BCUT2D eigenvalue weighted by atomic mass is 32.2. The molecule has 1 amide bonds. The number of rotatable bonds is 4. The van der Waals surface area contributed by atoms with Gasteiger partial charge in [0.2, 0.25) is 15.9 Å². The Hall–Kier alpha value is -2.54. The average molecular weight is 386 g/mol. The lowest BCUT2D eigenvalue weighted by Crippen LogP contribution is -2.42. The van der Waals surface area contributed by atoms with E-state index in [1.807, 2.05) is 32.0 Å². The van der Waals surface area contributed by atoms with Crippen molar-refractivity contribution in [3.63, 3.8) is 0 Å². The van der Waals surface area contributed by atoms with E-state index >= 15 is 0 Å². The van der Waals surface area contributed by atoms with Gasteiger partial charge in [-0.05, 0) is 55.7 Å². The number of sulfonamides is 1. The molecular formula is C20H22N2O4S. The van der Waals surface area contributed by atoms with E-state index in [0.29, 0.717) is 30.1 Å². The predicted octanol–water partition coefficient (Wildman–Crippen LogP) is 2.86. The Bertz CT molecular complexity index is 997.